The van der Waals surface area contributed by atoms with Crippen LogP contribution < -0.4 is 9.47 Å². The van der Waals surface area contributed by atoms with Gasteiger partial charge in [-0.3, -0.25) is 4.90 Å². The molecule has 1 aliphatic rings. The van der Waals surface area contributed by atoms with Crippen LogP contribution in [0.1, 0.15) is 37.2 Å². The molecule has 1 aromatic carbocycles. The predicted octanol–water partition coefficient (Wildman–Crippen LogP) is 2.16. The fourth-order valence-corrected chi connectivity index (χ4v) is 3.58. The highest BCUT2D eigenvalue weighted by Gasteiger charge is 2.31. The zero-order valence-corrected chi connectivity index (χ0v) is 16.6. The van der Waals surface area contributed by atoms with E-state index >= 15 is 0 Å². The zero-order chi connectivity index (χ0) is 19.2. The molecular weight excluding hydrogens is 346 g/mol. The van der Waals surface area contributed by atoms with Crippen LogP contribution in [-0.4, -0.2) is 66.1 Å². The molecule has 1 atom stereocenters. The molecule has 27 heavy (non-hydrogen) atoms. The minimum absolute atomic E-state index is 0.0378. The van der Waals surface area contributed by atoms with E-state index in [-0.39, 0.29) is 6.04 Å². The highest BCUT2D eigenvalue weighted by Crippen LogP contribution is 2.36. The summed E-state index contributed by atoms with van der Waals surface area (Å²) in [6.07, 6.45) is 2.34. The lowest BCUT2D eigenvalue weighted by Gasteiger charge is -2.36. The Morgan fingerprint density at radius 1 is 1.11 bits per heavy atom. The molecule has 1 fully saturated rings. The van der Waals surface area contributed by atoms with Crippen molar-refractivity contribution in [2.24, 2.45) is 5.92 Å². The van der Waals surface area contributed by atoms with E-state index in [0.717, 1.165) is 30.4 Å². The van der Waals surface area contributed by atoms with E-state index in [1.54, 1.807) is 21.3 Å². The lowest BCUT2D eigenvalue weighted by Crippen LogP contribution is -2.38. The number of methoxy groups -OCH3 is 3. The molecule has 0 spiro atoms. The summed E-state index contributed by atoms with van der Waals surface area (Å²) in [6, 6.07) is 6.00. The van der Waals surface area contributed by atoms with Crippen molar-refractivity contribution in [1.82, 2.24) is 25.1 Å². The van der Waals surface area contributed by atoms with Gasteiger partial charge in [-0.15, -0.1) is 5.10 Å². The Labute approximate surface area is 160 Å². The first-order valence-corrected chi connectivity index (χ1v) is 9.38. The standard InChI is InChI=1S/C19H29N5O3/c1-14-7-9-23(10-8-14)18(19-20-21-22-24(19)11-12-25-2)15-5-6-16(26-3)17(13-15)27-4/h5-6,13-14,18H,7-12H2,1-4H3. The molecule has 3 rings (SSSR count). The van der Waals surface area contributed by atoms with Crippen LogP contribution in [0.3, 0.4) is 0 Å². The maximum absolute atomic E-state index is 5.52. The van der Waals surface area contributed by atoms with Crippen LogP contribution in [0.25, 0.3) is 0 Å². The molecular formula is C19H29N5O3. The summed E-state index contributed by atoms with van der Waals surface area (Å²) < 4.78 is 18.0. The van der Waals surface area contributed by atoms with Gasteiger partial charge in [0.1, 0.15) is 0 Å². The van der Waals surface area contributed by atoms with Crippen molar-refractivity contribution in [2.45, 2.75) is 32.4 Å². The first kappa shape index (κ1) is 19.6. The van der Waals surface area contributed by atoms with E-state index in [9.17, 15) is 0 Å². The number of aromatic nitrogens is 4. The average Bonchev–Trinajstić information content (AvgIpc) is 3.16. The molecule has 0 aliphatic carbocycles. The van der Waals surface area contributed by atoms with Crippen LogP contribution in [0.15, 0.2) is 18.2 Å². The third kappa shape index (κ3) is 4.39. The lowest BCUT2D eigenvalue weighted by molar-refractivity contribution is 0.144. The molecule has 1 saturated heterocycles. The van der Waals surface area contributed by atoms with Gasteiger partial charge < -0.3 is 14.2 Å². The topological polar surface area (TPSA) is 74.5 Å². The largest absolute Gasteiger partial charge is 0.493 e. The Bertz CT molecular complexity index is 728. The fourth-order valence-electron chi connectivity index (χ4n) is 3.58. The summed E-state index contributed by atoms with van der Waals surface area (Å²) in [5, 5.41) is 12.5. The Kier molecular flexibility index (Phi) is 6.63. The van der Waals surface area contributed by atoms with Crippen molar-refractivity contribution in [1.29, 1.82) is 0 Å². The third-order valence-electron chi connectivity index (χ3n) is 5.22. The van der Waals surface area contributed by atoms with Gasteiger partial charge >= 0.3 is 0 Å². The molecule has 1 unspecified atom stereocenters. The van der Waals surface area contributed by atoms with Gasteiger partial charge in [0.2, 0.25) is 0 Å². The Morgan fingerprint density at radius 3 is 2.52 bits per heavy atom. The number of piperidine rings is 1. The number of benzene rings is 1. The Balaban J connectivity index is 1.99. The van der Waals surface area contributed by atoms with Gasteiger partial charge in [-0.2, -0.15) is 0 Å². The summed E-state index contributed by atoms with van der Waals surface area (Å²) in [4.78, 5) is 2.45. The van der Waals surface area contributed by atoms with Crippen molar-refractivity contribution >= 4 is 0 Å². The van der Waals surface area contributed by atoms with Gasteiger partial charge in [-0.25, -0.2) is 4.68 Å². The zero-order valence-electron chi connectivity index (χ0n) is 16.6. The first-order valence-electron chi connectivity index (χ1n) is 9.38. The second-order valence-electron chi connectivity index (χ2n) is 6.99. The number of rotatable bonds is 8. The summed E-state index contributed by atoms with van der Waals surface area (Å²) >= 11 is 0. The molecule has 8 nitrogen and oxygen atoms in total. The Morgan fingerprint density at radius 2 is 1.85 bits per heavy atom. The normalized spacial score (nSPS) is 17.0. The van der Waals surface area contributed by atoms with E-state index in [4.69, 9.17) is 14.2 Å². The van der Waals surface area contributed by atoms with Crippen molar-refractivity contribution in [2.75, 3.05) is 41.0 Å². The smallest absolute Gasteiger partial charge is 0.173 e. The quantitative estimate of drug-likeness (QED) is 0.700. The minimum Gasteiger partial charge on any atom is -0.493 e. The number of nitrogens with zero attached hydrogens (tertiary/aromatic N) is 5. The second kappa shape index (κ2) is 9.14. The SMILES string of the molecule is COCCn1nnnc1C(c1ccc(OC)c(OC)c1)N1CCC(C)CC1. The molecule has 1 aliphatic heterocycles. The van der Waals surface area contributed by atoms with E-state index in [0.29, 0.717) is 24.7 Å². The summed E-state index contributed by atoms with van der Waals surface area (Å²) in [5.74, 6) is 3.00. The molecule has 0 bridgehead atoms. The third-order valence-corrected chi connectivity index (χ3v) is 5.22. The number of hydrogen-bond acceptors (Lipinski definition) is 7. The van der Waals surface area contributed by atoms with Crippen LogP contribution >= 0.6 is 0 Å². The maximum atomic E-state index is 5.52. The van der Waals surface area contributed by atoms with Crippen LogP contribution in [0, 0.1) is 5.92 Å². The highest BCUT2D eigenvalue weighted by atomic mass is 16.5. The van der Waals surface area contributed by atoms with Gasteiger partial charge in [0.15, 0.2) is 17.3 Å². The van der Waals surface area contributed by atoms with E-state index in [2.05, 4.69) is 33.4 Å². The van der Waals surface area contributed by atoms with Crippen molar-refractivity contribution in [3.8, 4) is 11.5 Å². The molecule has 2 heterocycles. The van der Waals surface area contributed by atoms with Gasteiger partial charge in [-0.05, 0) is 60.0 Å². The van der Waals surface area contributed by atoms with Crippen molar-refractivity contribution < 1.29 is 14.2 Å². The summed E-state index contributed by atoms with van der Waals surface area (Å²) in [5.41, 5.74) is 1.09. The molecule has 148 valence electrons. The monoisotopic (exact) mass is 375 g/mol. The molecule has 1 aromatic heterocycles. The molecule has 8 heteroatoms. The van der Waals surface area contributed by atoms with Crippen molar-refractivity contribution in [3.05, 3.63) is 29.6 Å². The Hall–Kier alpha value is -2.19. The number of tetrazole rings is 1. The predicted molar refractivity (Wildman–Crippen MR) is 101 cm³/mol. The fraction of sp³-hybridized carbons (Fsp3) is 0.632. The molecule has 0 saturated carbocycles. The van der Waals surface area contributed by atoms with E-state index in [1.807, 2.05) is 16.8 Å². The molecule has 0 N–H and O–H groups in total. The summed E-state index contributed by atoms with van der Waals surface area (Å²) in [6.45, 7) is 5.51. The van der Waals surface area contributed by atoms with Crippen LogP contribution in [-0.2, 0) is 11.3 Å². The van der Waals surface area contributed by atoms with Gasteiger partial charge in [-0.1, -0.05) is 13.0 Å². The average molecular weight is 375 g/mol. The highest BCUT2D eigenvalue weighted by molar-refractivity contribution is 5.44. The van der Waals surface area contributed by atoms with Crippen molar-refractivity contribution in [3.63, 3.8) is 0 Å². The van der Waals surface area contributed by atoms with Crippen LogP contribution in [0.5, 0.6) is 11.5 Å². The number of ether oxygens (including phenoxy) is 3. The molecule has 2 aromatic rings. The molecule has 0 radical (unpaired) electrons. The van der Waals surface area contributed by atoms with E-state index in [1.165, 1.54) is 12.8 Å². The maximum Gasteiger partial charge on any atom is 0.173 e. The van der Waals surface area contributed by atoms with Gasteiger partial charge in [0.25, 0.3) is 0 Å². The van der Waals surface area contributed by atoms with Gasteiger partial charge in [0.05, 0.1) is 33.4 Å². The lowest BCUT2D eigenvalue weighted by atomic mass is 9.95. The first-order chi connectivity index (χ1) is 13.2. The summed E-state index contributed by atoms with van der Waals surface area (Å²) in [7, 11) is 4.98. The van der Waals surface area contributed by atoms with Crippen LogP contribution in [0.2, 0.25) is 0 Å². The number of likely N-dealkylation sites (tertiary alicyclic amines) is 1. The number of hydrogen-bond donors (Lipinski definition) is 0. The van der Waals surface area contributed by atoms with E-state index < -0.39 is 0 Å². The second-order valence-corrected chi connectivity index (χ2v) is 6.99. The molecule has 0 amide bonds. The van der Waals surface area contributed by atoms with Crippen LogP contribution in [0.4, 0.5) is 0 Å². The minimum atomic E-state index is -0.0378. The van der Waals surface area contributed by atoms with Gasteiger partial charge in [0, 0.05) is 7.11 Å².